The molecule has 0 aliphatic carbocycles. The number of hydrogen-bond acceptors (Lipinski definition) is 5. The second kappa shape index (κ2) is 9.07. The number of ether oxygens (including phenoxy) is 3. The fraction of sp³-hybridized carbons (Fsp3) is 0.333. The summed E-state index contributed by atoms with van der Waals surface area (Å²) in [5.74, 6) is 0.268. The van der Waals surface area contributed by atoms with Gasteiger partial charge >= 0.3 is 5.97 Å². The number of carbonyl (C=O) groups excluding carboxylic acids is 2. The van der Waals surface area contributed by atoms with Gasteiger partial charge in [-0.3, -0.25) is 9.59 Å². The zero-order valence-electron chi connectivity index (χ0n) is 16.3. The minimum absolute atomic E-state index is 0.00569. The van der Waals surface area contributed by atoms with Gasteiger partial charge < -0.3 is 19.5 Å². The molecule has 2 aromatic rings. The molecule has 0 aliphatic heterocycles. The zero-order valence-corrected chi connectivity index (χ0v) is 16.3. The van der Waals surface area contributed by atoms with E-state index in [1.807, 2.05) is 32.0 Å². The summed E-state index contributed by atoms with van der Waals surface area (Å²) in [4.78, 5) is 24.6. The van der Waals surface area contributed by atoms with E-state index in [4.69, 9.17) is 14.2 Å². The maximum atomic E-state index is 12.3. The Labute approximate surface area is 159 Å². The lowest BCUT2D eigenvalue weighted by Gasteiger charge is -2.16. The molecule has 0 heterocycles. The molecular formula is C21H25NO5. The third-order valence-electron chi connectivity index (χ3n) is 4.16. The van der Waals surface area contributed by atoms with Crippen molar-refractivity contribution in [3.8, 4) is 11.5 Å². The van der Waals surface area contributed by atoms with Crippen LogP contribution in [0.15, 0.2) is 36.4 Å². The topological polar surface area (TPSA) is 73.9 Å². The lowest BCUT2D eigenvalue weighted by atomic mass is 10.1. The van der Waals surface area contributed by atoms with E-state index in [1.165, 1.54) is 7.11 Å². The molecule has 6 heteroatoms. The highest BCUT2D eigenvalue weighted by Crippen LogP contribution is 2.25. The van der Waals surface area contributed by atoms with E-state index in [1.54, 1.807) is 32.2 Å². The maximum absolute atomic E-state index is 12.3. The zero-order chi connectivity index (χ0) is 20.0. The van der Waals surface area contributed by atoms with Crippen LogP contribution >= 0.6 is 0 Å². The Bertz CT molecular complexity index is 831. The van der Waals surface area contributed by atoms with Crippen molar-refractivity contribution in [1.29, 1.82) is 0 Å². The minimum atomic E-state index is -0.915. The van der Waals surface area contributed by atoms with Crippen molar-refractivity contribution in [3.05, 3.63) is 53.1 Å². The molecular weight excluding hydrogens is 346 g/mol. The molecule has 1 amide bonds. The van der Waals surface area contributed by atoms with Crippen LogP contribution in [0.1, 0.15) is 23.6 Å². The third kappa shape index (κ3) is 5.48. The maximum Gasteiger partial charge on any atom is 0.311 e. The highest BCUT2D eigenvalue weighted by molar-refractivity contribution is 5.95. The molecule has 0 aliphatic rings. The van der Waals surface area contributed by atoms with Crippen LogP contribution in [0, 0.1) is 13.8 Å². The average molecular weight is 371 g/mol. The van der Waals surface area contributed by atoms with E-state index in [2.05, 4.69) is 5.32 Å². The molecule has 1 unspecified atom stereocenters. The van der Waals surface area contributed by atoms with E-state index < -0.39 is 12.1 Å². The Hall–Kier alpha value is -3.02. The fourth-order valence-electron chi connectivity index (χ4n) is 2.55. The summed E-state index contributed by atoms with van der Waals surface area (Å²) in [5, 5.41) is 2.80. The Kier molecular flexibility index (Phi) is 6.82. The van der Waals surface area contributed by atoms with Crippen LogP contribution in [0.5, 0.6) is 11.5 Å². The molecule has 144 valence electrons. The molecule has 0 saturated carbocycles. The highest BCUT2D eigenvalue weighted by atomic mass is 16.5. The van der Waals surface area contributed by atoms with Crippen LogP contribution in [-0.4, -0.2) is 32.2 Å². The van der Waals surface area contributed by atoms with Gasteiger partial charge in [0, 0.05) is 17.3 Å². The molecule has 0 fully saturated rings. The molecule has 0 radical (unpaired) electrons. The predicted octanol–water partition coefficient (Wildman–Crippen LogP) is 3.43. The lowest BCUT2D eigenvalue weighted by Crippen LogP contribution is -2.30. The van der Waals surface area contributed by atoms with E-state index >= 15 is 0 Å². The molecule has 2 aromatic carbocycles. The van der Waals surface area contributed by atoms with Crippen molar-refractivity contribution in [1.82, 2.24) is 0 Å². The van der Waals surface area contributed by atoms with Gasteiger partial charge in [-0.2, -0.15) is 0 Å². The van der Waals surface area contributed by atoms with E-state index in [0.29, 0.717) is 22.7 Å². The van der Waals surface area contributed by atoms with Crippen molar-refractivity contribution in [2.24, 2.45) is 0 Å². The molecule has 0 saturated heterocycles. The molecule has 0 bridgehead atoms. The largest absolute Gasteiger partial charge is 0.497 e. The summed E-state index contributed by atoms with van der Waals surface area (Å²) >= 11 is 0. The van der Waals surface area contributed by atoms with Crippen LogP contribution in [0.3, 0.4) is 0 Å². The molecule has 27 heavy (non-hydrogen) atoms. The summed E-state index contributed by atoms with van der Waals surface area (Å²) in [6.07, 6.45) is -0.921. The SMILES string of the molecule is COc1ccc(CC(=O)OC(C)C(=O)Nc2cc(C)ccc2C)c(OC)c1. The van der Waals surface area contributed by atoms with Crippen LogP contribution < -0.4 is 14.8 Å². The van der Waals surface area contributed by atoms with Gasteiger partial charge in [-0.15, -0.1) is 0 Å². The number of hydrogen-bond donors (Lipinski definition) is 1. The van der Waals surface area contributed by atoms with Gasteiger partial charge in [0.05, 0.1) is 20.6 Å². The van der Waals surface area contributed by atoms with Crippen molar-refractivity contribution < 1.29 is 23.8 Å². The van der Waals surface area contributed by atoms with Crippen LogP contribution in [0.4, 0.5) is 5.69 Å². The van der Waals surface area contributed by atoms with Gasteiger partial charge in [0.25, 0.3) is 5.91 Å². The summed E-state index contributed by atoms with van der Waals surface area (Å²) in [6, 6.07) is 10.9. The summed E-state index contributed by atoms with van der Waals surface area (Å²) in [7, 11) is 3.07. The monoisotopic (exact) mass is 371 g/mol. The number of aryl methyl sites for hydroxylation is 2. The van der Waals surface area contributed by atoms with Gasteiger partial charge in [0.15, 0.2) is 6.10 Å². The van der Waals surface area contributed by atoms with Gasteiger partial charge in [0.1, 0.15) is 11.5 Å². The van der Waals surface area contributed by atoms with Crippen molar-refractivity contribution >= 4 is 17.6 Å². The number of rotatable bonds is 7. The minimum Gasteiger partial charge on any atom is -0.497 e. The third-order valence-corrected chi connectivity index (χ3v) is 4.16. The van der Waals surface area contributed by atoms with Crippen molar-refractivity contribution in [2.45, 2.75) is 33.3 Å². The number of methoxy groups -OCH3 is 2. The van der Waals surface area contributed by atoms with Gasteiger partial charge in [-0.05, 0) is 44.0 Å². The molecule has 0 aromatic heterocycles. The van der Waals surface area contributed by atoms with Crippen molar-refractivity contribution in [2.75, 3.05) is 19.5 Å². The van der Waals surface area contributed by atoms with Gasteiger partial charge in [-0.25, -0.2) is 0 Å². The molecule has 2 rings (SSSR count). The second-order valence-electron chi connectivity index (χ2n) is 6.29. The number of esters is 1. The number of nitrogens with one attached hydrogen (secondary N) is 1. The fourth-order valence-corrected chi connectivity index (χ4v) is 2.55. The Morgan fingerprint density at radius 1 is 1.04 bits per heavy atom. The standard InChI is InChI=1S/C21H25NO5/c1-13-6-7-14(2)18(10-13)22-21(24)15(3)27-20(23)11-16-8-9-17(25-4)12-19(16)26-5/h6-10,12,15H,11H2,1-5H3,(H,22,24). The van der Waals surface area contributed by atoms with Crippen LogP contribution in [0.25, 0.3) is 0 Å². The molecule has 1 N–H and O–H groups in total. The summed E-state index contributed by atoms with van der Waals surface area (Å²) < 4.78 is 15.7. The predicted molar refractivity (Wildman–Crippen MR) is 103 cm³/mol. The Balaban J connectivity index is 1.98. The molecule has 6 nitrogen and oxygen atoms in total. The van der Waals surface area contributed by atoms with Crippen molar-refractivity contribution in [3.63, 3.8) is 0 Å². The van der Waals surface area contributed by atoms with E-state index in [-0.39, 0.29) is 12.3 Å². The first-order valence-corrected chi connectivity index (χ1v) is 8.62. The van der Waals surface area contributed by atoms with Gasteiger partial charge in [0.2, 0.25) is 0 Å². The lowest BCUT2D eigenvalue weighted by molar-refractivity contribution is -0.152. The summed E-state index contributed by atoms with van der Waals surface area (Å²) in [6.45, 7) is 5.39. The summed E-state index contributed by atoms with van der Waals surface area (Å²) in [5.41, 5.74) is 3.34. The van der Waals surface area contributed by atoms with Crippen LogP contribution in [-0.2, 0) is 20.7 Å². The quantitative estimate of drug-likeness (QED) is 0.755. The average Bonchev–Trinajstić information content (AvgIpc) is 2.64. The van der Waals surface area contributed by atoms with E-state index in [9.17, 15) is 9.59 Å². The number of anilines is 1. The van der Waals surface area contributed by atoms with E-state index in [0.717, 1.165) is 11.1 Å². The smallest absolute Gasteiger partial charge is 0.311 e. The Morgan fingerprint density at radius 2 is 1.78 bits per heavy atom. The molecule has 1 atom stereocenters. The number of benzene rings is 2. The number of amides is 1. The first-order valence-electron chi connectivity index (χ1n) is 8.62. The normalized spacial score (nSPS) is 11.4. The highest BCUT2D eigenvalue weighted by Gasteiger charge is 2.20. The first-order chi connectivity index (χ1) is 12.8. The first kappa shape index (κ1) is 20.3. The second-order valence-corrected chi connectivity index (χ2v) is 6.29. The van der Waals surface area contributed by atoms with Crippen LogP contribution in [0.2, 0.25) is 0 Å². The Morgan fingerprint density at radius 3 is 2.44 bits per heavy atom. The molecule has 0 spiro atoms. The number of carbonyl (C=O) groups is 2. The van der Waals surface area contributed by atoms with Gasteiger partial charge in [-0.1, -0.05) is 18.2 Å².